The summed E-state index contributed by atoms with van der Waals surface area (Å²) in [5.74, 6) is -0.411. The van der Waals surface area contributed by atoms with Crippen LogP contribution in [0.5, 0.6) is 0 Å². The Morgan fingerprint density at radius 3 is 2.54 bits per heavy atom. The summed E-state index contributed by atoms with van der Waals surface area (Å²) in [6.07, 6.45) is 0. The van der Waals surface area contributed by atoms with Crippen molar-refractivity contribution in [3.63, 3.8) is 0 Å². The van der Waals surface area contributed by atoms with E-state index in [-0.39, 0.29) is 0 Å². The third-order valence-corrected chi connectivity index (χ3v) is 1.88. The van der Waals surface area contributed by atoms with E-state index >= 15 is 0 Å². The number of hydrogen-bond donors (Lipinski definition) is 0. The van der Waals surface area contributed by atoms with Crippen molar-refractivity contribution >= 4 is 19.5 Å². The average Bonchev–Trinajstić information content (AvgIpc) is 2.10. The zero-order chi connectivity index (χ0) is 10.0. The van der Waals surface area contributed by atoms with Gasteiger partial charge in [-0.05, 0) is 13.8 Å². The molecule has 0 aliphatic rings. The van der Waals surface area contributed by atoms with Crippen molar-refractivity contribution in [2.75, 3.05) is 7.11 Å². The molecule has 1 rings (SSSR count). The van der Waals surface area contributed by atoms with Gasteiger partial charge in [-0.25, -0.2) is 14.8 Å². The second kappa shape index (κ2) is 3.55. The maximum Gasteiger partial charge on any atom is 0.357 e. The highest BCUT2D eigenvalue weighted by Crippen LogP contribution is 2.06. The van der Waals surface area contributed by atoms with Crippen LogP contribution in [0.1, 0.15) is 21.7 Å². The van der Waals surface area contributed by atoms with E-state index < -0.39 is 5.97 Å². The highest BCUT2D eigenvalue weighted by molar-refractivity contribution is 6.29. The van der Waals surface area contributed by atoms with Crippen molar-refractivity contribution in [2.24, 2.45) is 0 Å². The Labute approximate surface area is 77.8 Å². The van der Waals surface area contributed by atoms with Gasteiger partial charge in [0.2, 0.25) is 0 Å². The quantitative estimate of drug-likeness (QED) is 0.414. The number of carbonyl (C=O) groups is 1. The molecule has 1 aromatic heterocycles. The fourth-order valence-corrected chi connectivity index (χ4v) is 1.06. The maximum absolute atomic E-state index is 11.2. The molecule has 0 N–H and O–H groups in total. The summed E-state index contributed by atoms with van der Waals surface area (Å²) in [6, 6.07) is 0. The molecular formula is C8H11BN2O2. The van der Waals surface area contributed by atoms with Gasteiger partial charge in [-0.3, -0.25) is 0 Å². The van der Waals surface area contributed by atoms with Gasteiger partial charge in [0.15, 0.2) is 13.5 Å². The molecular weight excluding hydrogens is 167 g/mol. The predicted molar refractivity (Wildman–Crippen MR) is 51.0 cm³/mol. The van der Waals surface area contributed by atoms with Crippen LogP contribution in [0.15, 0.2) is 0 Å². The number of nitrogens with zero attached hydrogens (tertiary/aromatic N) is 2. The number of esters is 1. The Hall–Kier alpha value is -1.39. The Bertz CT molecular complexity index is 352. The number of ether oxygens (including phenoxy) is 1. The number of aromatic nitrogens is 2. The molecule has 0 fully saturated rings. The minimum atomic E-state index is -0.411. The number of carbonyl (C=O) groups excluding carboxylic acids is 1. The Morgan fingerprint density at radius 1 is 1.38 bits per heavy atom. The van der Waals surface area contributed by atoms with Gasteiger partial charge in [0.05, 0.1) is 12.8 Å². The van der Waals surface area contributed by atoms with Crippen LogP contribution < -0.4 is 5.72 Å². The van der Waals surface area contributed by atoms with Crippen LogP contribution in [0.25, 0.3) is 0 Å². The third kappa shape index (κ3) is 1.85. The standard InChI is InChI=1S/C8H11BN2O2/c1-4-5(2)10-8(9)11-6(4)7(12)13-3/h9H2,1-3H3. The second-order valence-electron chi connectivity index (χ2n) is 2.82. The monoisotopic (exact) mass is 178 g/mol. The van der Waals surface area contributed by atoms with Gasteiger partial charge in [0.1, 0.15) is 0 Å². The summed E-state index contributed by atoms with van der Waals surface area (Å²) in [4.78, 5) is 19.4. The fraction of sp³-hybridized carbons (Fsp3) is 0.375. The van der Waals surface area contributed by atoms with Gasteiger partial charge in [0, 0.05) is 11.3 Å². The molecule has 0 aromatic carbocycles. The predicted octanol–water partition coefficient (Wildman–Crippen LogP) is -0.862. The van der Waals surface area contributed by atoms with Gasteiger partial charge < -0.3 is 4.74 Å². The number of methoxy groups -OCH3 is 1. The summed E-state index contributed by atoms with van der Waals surface area (Å²) in [5, 5.41) is 0. The molecule has 1 aromatic rings. The molecule has 0 aliphatic carbocycles. The average molecular weight is 178 g/mol. The zero-order valence-corrected chi connectivity index (χ0v) is 8.21. The molecule has 0 saturated carbocycles. The van der Waals surface area contributed by atoms with Crippen LogP contribution in [0.2, 0.25) is 0 Å². The topological polar surface area (TPSA) is 52.1 Å². The first-order valence-corrected chi connectivity index (χ1v) is 3.96. The van der Waals surface area contributed by atoms with Gasteiger partial charge in [0.25, 0.3) is 0 Å². The molecule has 0 saturated heterocycles. The van der Waals surface area contributed by atoms with Crippen molar-refractivity contribution in [1.29, 1.82) is 0 Å². The molecule has 0 aliphatic heterocycles. The molecule has 0 amide bonds. The SMILES string of the molecule is Bc1nc(C)c(C)c(C(=O)OC)n1. The molecule has 68 valence electrons. The highest BCUT2D eigenvalue weighted by Gasteiger charge is 2.13. The highest BCUT2D eigenvalue weighted by atomic mass is 16.5. The Balaban J connectivity index is 3.28. The summed E-state index contributed by atoms with van der Waals surface area (Å²) in [7, 11) is 3.09. The van der Waals surface area contributed by atoms with Crippen molar-refractivity contribution < 1.29 is 9.53 Å². The minimum absolute atomic E-state index is 0.354. The molecule has 0 atom stereocenters. The minimum Gasteiger partial charge on any atom is -0.464 e. The van der Waals surface area contributed by atoms with Crippen molar-refractivity contribution in [3.8, 4) is 0 Å². The Kier molecular flexibility index (Phi) is 2.65. The lowest BCUT2D eigenvalue weighted by Gasteiger charge is -2.06. The molecule has 0 bridgehead atoms. The van der Waals surface area contributed by atoms with Crippen molar-refractivity contribution in [1.82, 2.24) is 9.97 Å². The smallest absolute Gasteiger partial charge is 0.357 e. The third-order valence-electron chi connectivity index (χ3n) is 1.88. The normalized spacial score (nSPS) is 9.77. The Morgan fingerprint density at radius 2 is 2.00 bits per heavy atom. The molecule has 1 heterocycles. The second-order valence-corrected chi connectivity index (χ2v) is 2.82. The van der Waals surface area contributed by atoms with Crippen LogP contribution in [0.3, 0.4) is 0 Å². The van der Waals surface area contributed by atoms with Gasteiger partial charge >= 0.3 is 5.97 Å². The van der Waals surface area contributed by atoms with E-state index in [1.807, 2.05) is 6.92 Å². The van der Waals surface area contributed by atoms with E-state index in [1.54, 1.807) is 14.8 Å². The first-order valence-electron chi connectivity index (χ1n) is 3.96. The van der Waals surface area contributed by atoms with E-state index in [1.165, 1.54) is 7.11 Å². The van der Waals surface area contributed by atoms with Crippen LogP contribution in [-0.4, -0.2) is 30.9 Å². The summed E-state index contributed by atoms with van der Waals surface area (Å²) >= 11 is 0. The lowest BCUT2D eigenvalue weighted by Crippen LogP contribution is -2.21. The number of hydrogen-bond acceptors (Lipinski definition) is 4. The molecule has 13 heavy (non-hydrogen) atoms. The van der Waals surface area contributed by atoms with E-state index in [9.17, 15) is 4.79 Å². The largest absolute Gasteiger partial charge is 0.464 e. The van der Waals surface area contributed by atoms with Gasteiger partial charge in [-0.15, -0.1) is 0 Å². The van der Waals surface area contributed by atoms with E-state index in [0.717, 1.165) is 11.3 Å². The molecule has 5 heteroatoms. The summed E-state index contributed by atoms with van der Waals surface area (Å²) in [6.45, 7) is 3.65. The summed E-state index contributed by atoms with van der Waals surface area (Å²) < 4.78 is 4.60. The summed E-state index contributed by atoms with van der Waals surface area (Å²) in [5.41, 5.74) is 2.53. The van der Waals surface area contributed by atoms with E-state index in [2.05, 4.69) is 14.7 Å². The van der Waals surface area contributed by atoms with Gasteiger partial charge in [-0.2, -0.15) is 0 Å². The fourth-order valence-electron chi connectivity index (χ4n) is 1.06. The first kappa shape index (κ1) is 9.70. The van der Waals surface area contributed by atoms with Crippen molar-refractivity contribution in [3.05, 3.63) is 17.0 Å². The van der Waals surface area contributed by atoms with Crippen molar-refractivity contribution in [2.45, 2.75) is 13.8 Å². The molecule has 4 nitrogen and oxygen atoms in total. The lowest BCUT2D eigenvalue weighted by molar-refractivity contribution is 0.0593. The molecule has 0 radical (unpaired) electrons. The maximum atomic E-state index is 11.2. The van der Waals surface area contributed by atoms with Gasteiger partial charge in [-0.1, -0.05) is 0 Å². The zero-order valence-electron chi connectivity index (χ0n) is 8.21. The van der Waals surface area contributed by atoms with Crippen LogP contribution >= 0.6 is 0 Å². The van der Waals surface area contributed by atoms with Crippen LogP contribution in [0, 0.1) is 13.8 Å². The van der Waals surface area contributed by atoms with Crippen LogP contribution in [0.4, 0.5) is 0 Å². The van der Waals surface area contributed by atoms with E-state index in [0.29, 0.717) is 11.4 Å². The lowest BCUT2D eigenvalue weighted by atomic mass is 10.1. The van der Waals surface area contributed by atoms with Crippen LogP contribution in [-0.2, 0) is 4.74 Å². The van der Waals surface area contributed by atoms with E-state index in [4.69, 9.17) is 0 Å². The molecule has 0 spiro atoms. The molecule has 0 unspecified atom stereocenters. The first-order chi connectivity index (χ1) is 6.06. The number of rotatable bonds is 1. The number of aryl methyl sites for hydroxylation is 1.